The van der Waals surface area contributed by atoms with Crippen LogP contribution in [0.3, 0.4) is 0 Å². The molecule has 0 aromatic carbocycles. The Morgan fingerprint density at radius 3 is 2.13 bits per heavy atom. The van der Waals surface area contributed by atoms with E-state index in [9.17, 15) is 4.79 Å². The fourth-order valence-corrected chi connectivity index (χ4v) is 2.98. The first-order valence-corrected chi connectivity index (χ1v) is 11.4. The van der Waals surface area contributed by atoms with E-state index in [4.69, 9.17) is 14.2 Å². The van der Waals surface area contributed by atoms with Gasteiger partial charge in [-0.25, -0.2) is 4.79 Å². The fourth-order valence-electron chi connectivity index (χ4n) is 2.98. The molecule has 1 aliphatic rings. The summed E-state index contributed by atoms with van der Waals surface area (Å²) in [6.45, 7) is 6.58. The highest BCUT2D eigenvalue weighted by molar-refractivity contribution is 5.82. The predicted molar refractivity (Wildman–Crippen MR) is 124 cm³/mol. The maximum atomic E-state index is 11.6. The van der Waals surface area contributed by atoms with Gasteiger partial charge in [0.1, 0.15) is 12.7 Å². The normalized spacial score (nSPS) is 19.4. The van der Waals surface area contributed by atoms with Crippen LogP contribution in [0.5, 0.6) is 0 Å². The van der Waals surface area contributed by atoms with Crippen molar-refractivity contribution in [2.75, 3.05) is 13.2 Å². The van der Waals surface area contributed by atoms with Crippen molar-refractivity contribution in [3.63, 3.8) is 0 Å². The van der Waals surface area contributed by atoms with Gasteiger partial charge in [0.25, 0.3) is 0 Å². The highest BCUT2D eigenvalue weighted by Gasteiger charge is 2.33. The molecule has 0 amide bonds. The van der Waals surface area contributed by atoms with Crippen molar-refractivity contribution in [3.8, 4) is 0 Å². The van der Waals surface area contributed by atoms with Gasteiger partial charge in [0, 0.05) is 6.08 Å². The van der Waals surface area contributed by atoms with E-state index in [2.05, 4.69) is 19.1 Å². The molecule has 0 saturated carbocycles. The predicted octanol–water partition coefficient (Wildman–Crippen LogP) is 6.60. The summed E-state index contributed by atoms with van der Waals surface area (Å²) < 4.78 is 16.1. The molecule has 1 atom stereocenters. The van der Waals surface area contributed by atoms with Crippen molar-refractivity contribution in [1.82, 2.24) is 0 Å². The molecule has 0 aromatic heterocycles. The minimum Gasteiger partial charge on any atom is -0.460 e. The third kappa shape index (κ3) is 15.0. The van der Waals surface area contributed by atoms with Gasteiger partial charge in [0.05, 0.1) is 6.61 Å². The van der Waals surface area contributed by atoms with Crippen LogP contribution in [-0.4, -0.2) is 31.1 Å². The summed E-state index contributed by atoms with van der Waals surface area (Å²) in [6.07, 6.45) is 29.4. The van der Waals surface area contributed by atoms with Crippen molar-refractivity contribution in [3.05, 3.63) is 60.8 Å². The highest BCUT2D eigenvalue weighted by Crippen LogP contribution is 2.22. The first-order valence-electron chi connectivity index (χ1n) is 11.4. The van der Waals surface area contributed by atoms with Gasteiger partial charge in [-0.3, -0.25) is 0 Å². The molecule has 0 radical (unpaired) electrons. The van der Waals surface area contributed by atoms with E-state index >= 15 is 0 Å². The second-order valence-corrected chi connectivity index (χ2v) is 7.93. The smallest absolute Gasteiger partial charge is 0.330 e. The fraction of sp³-hybridized carbons (Fsp3) is 0.577. The van der Waals surface area contributed by atoms with E-state index in [0.717, 1.165) is 6.42 Å². The molecule has 0 N–H and O–H groups in total. The minimum absolute atomic E-state index is 0.202. The Labute approximate surface area is 183 Å². The molecule has 1 saturated heterocycles. The Balaban J connectivity index is 2.02. The third-order valence-electron chi connectivity index (χ3n) is 4.60. The molecule has 1 aliphatic heterocycles. The molecule has 1 unspecified atom stereocenters. The molecule has 0 aromatic rings. The molecule has 1 heterocycles. The minimum atomic E-state index is -0.597. The van der Waals surface area contributed by atoms with E-state index in [0.29, 0.717) is 6.61 Å². The monoisotopic (exact) mass is 416 g/mol. The van der Waals surface area contributed by atoms with Gasteiger partial charge >= 0.3 is 5.97 Å². The lowest BCUT2D eigenvalue weighted by Gasteiger charge is -2.16. The van der Waals surface area contributed by atoms with Crippen molar-refractivity contribution in [1.29, 1.82) is 0 Å². The lowest BCUT2D eigenvalue weighted by Crippen LogP contribution is -2.24. The molecular weight excluding hydrogens is 376 g/mol. The molecular formula is C26H40O4. The summed E-state index contributed by atoms with van der Waals surface area (Å²) in [5.41, 5.74) is 0. The number of hydrogen-bond acceptors (Lipinski definition) is 4. The van der Waals surface area contributed by atoms with Gasteiger partial charge in [-0.05, 0) is 26.7 Å². The zero-order chi connectivity index (χ0) is 21.9. The average Bonchev–Trinajstić information content (AvgIpc) is 3.07. The van der Waals surface area contributed by atoms with Gasteiger partial charge < -0.3 is 14.2 Å². The standard InChI is InChI=1S/C26H40O4/c1-4-5-6-7-8-9-10-11-12-13-14-15-16-17-18-19-20-21-25(27)28-22-24-23-29-26(2,3)30-24/h12-21,24H,4-11,22-23H2,1-3H3. The van der Waals surface area contributed by atoms with E-state index in [-0.39, 0.29) is 18.7 Å². The maximum Gasteiger partial charge on any atom is 0.330 e. The molecule has 0 bridgehead atoms. The number of carbonyl (C=O) groups is 1. The van der Waals surface area contributed by atoms with Crippen LogP contribution >= 0.6 is 0 Å². The Morgan fingerprint density at radius 1 is 0.900 bits per heavy atom. The first kappa shape index (κ1) is 26.1. The number of allylic oxidation sites excluding steroid dienone is 9. The van der Waals surface area contributed by atoms with Crippen LogP contribution in [-0.2, 0) is 19.0 Å². The van der Waals surface area contributed by atoms with Gasteiger partial charge in [0.2, 0.25) is 0 Å². The highest BCUT2D eigenvalue weighted by atomic mass is 16.7. The lowest BCUT2D eigenvalue weighted by atomic mass is 10.1. The Bertz CT molecular complexity index is 596. The van der Waals surface area contributed by atoms with Crippen LogP contribution in [0.4, 0.5) is 0 Å². The Kier molecular flexibility index (Phi) is 14.7. The zero-order valence-corrected chi connectivity index (χ0v) is 19.1. The molecule has 1 fully saturated rings. The van der Waals surface area contributed by atoms with Crippen molar-refractivity contribution >= 4 is 5.97 Å². The van der Waals surface area contributed by atoms with Gasteiger partial charge in [-0.15, -0.1) is 0 Å². The first-order chi connectivity index (χ1) is 14.5. The molecule has 30 heavy (non-hydrogen) atoms. The molecule has 1 rings (SSSR count). The lowest BCUT2D eigenvalue weighted by molar-refractivity contribution is -0.154. The zero-order valence-electron chi connectivity index (χ0n) is 19.1. The molecule has 4 heteroatoms. The van der Waals surface area contributed by atoms with E-state index in [1.807, 2.05) is 44.2 Å². The average molecular weight is 417 g/mol. The molecule has 0 spiro atoms. The van der Waals surface area contributed by atoms with Crippen molar-refractivity contribution in [2.24, 2.45) is 0 Å². The molecule has 0 aliphatic carbocycles. The number of hydrogen-bond donors (Lipinski definition) is 0. The van der Waals surface area contributed by atoms with E-state index < -0.39 is 5.79 Å². The Hall–Kier alpha value is -1.91. The number of esters is 1. The molecule has 168 valence electrons. The van der Waals surface area contributed by atoms with Crippen LogP contribution in [0.25, 0.3) is 0 Å². The number of carbonyl (C=O) groups excluding carboxylic acids is 1. The van der Waals surface area contributed by atoms with E-state index in [1.165, 1.54) is 51.0 Å². The van der Waals surface area contributed by atoms with Gasteiger partial charge in [-0.2, -0.15) is 0 Å². The summed E-state index contributed by atoms with van der Waals surface area (Å²) in [7, 11) is 0. The summed E-state index contributed by atoms with van der Waals surface area (Å²) in [5, 5.41) is 0. The summed E-state index contributed by atoms with van der Waals surface area (Å²) >= 11 is 0. The van der Waals surface area contributed by atoms with Crippen LogP contribution in [0, 0.1) is 0 Å². The Morgan fingerprint density at radius 2 is 1.50 bits per heavy atom. The number of unbranched alkanes of at least 4 members (excludes halogenated alkanes) is 7. The van der Waals surface area contributed by atoms with Crippen molar-refractivity contribution in [2.45, 2.75) is 84.0 Å². The number of ether oxygens (including phenoxy) is 3. The SMILES string of the molecule is CCCCCCCCCC=CC=CC=CC=CC=CC(=O)OCC1COC(C)(C)O1. The van der Waals surface area contributed by atoms with Gasteiger partial charge in [-0.1, -0.05) is 100 Å². The quantitative estimate of drug-likeness (QED) is 0.130. The summed E-state index contributed by atoms with van der Waals surface area (Å²) in [5.74, 6) is -0.984. The van der Waals surface area contributed by atoms with Crippen LogP contribution in [0.1, 0.15) is 72.1 Å². The largest absolute Gasteiger partial charge is 0.460 e. The second-order valence-electron chi connectivity index (χ2n) is 7.93. The van der Waals surface area contributed by atoms with E-state index in [1.54, 1.807) is 12.2 Å². The number of rotatable bonds is 15. The topological polar surface area (TPSA) is 44.8 Å². The summed E-state index contributed by atoms with van der Waals surface area (Å²) in [6, 6.07) is 0. The molecule has 4 nitrogen and oxygen atoms in total. The van der Waals surface area contributed by atoms with Gasteiger partial charge in [0.15, 0.2) is 5.79 Å². The van der Waals surface area contributed by atoms with Crippen molar-refractivity contribution < 1.29 is 19.0 Å². The second kappa shape index (κ2) is 16.8. The maximum absolute atomic E-state index is 11.6. The summed E-state index contributed by atoms with van der Waals surface area (Å²) in [4.78, 5) is 11.6. The third-order valence-corrected chi connectivity index (χ3v) is 4.60. The van der Waals surface area contributed by atoms with Crippen LogP contribution < -0.4 is 0 Å². The van der Waals surface area contributed by atoms with Crippen LogP contribution in [0.2, 0.25) is 0 Å². The van der Waals surface area contributed by atoms with Crippen LogP contribution in [0.15, 0.2) is 60.8 Å².